The second-order valence-electron chi connectivity index (χ2n) is 6.12. The molecule has 0 radical (unpaired) electrons. The Morgan fingerprint density at radius 1 is 1.16 bits per heavy atom. The molecular formula is C19H19ClN4O. The first kappa shape index (κ1) is 17.3. The van der Waals surface area contributed by atoms with E-state index in [9.17, 15) is 4.79 Å². The van der Waals surface area contributed by atoms with E-state index in [1.165, 1.54) is 0 Å². The van der Waals surface area contributed by atoms with E-state index in [0.717, 1.165) is 16.7 Å². The fourth-order valence-electron chi connectivity index (χ4n) is 2.56. The summed E-state index contributed by atoms with van der Waals surface area (Å²) in [5, 5.41) is 0.494. The summed E-state index contributed by atoms with van der Waals surface area (Å²) in [6.07, 6.45) is 0. The topological polar surface area (TPSA) is 84.7 Å². The first-order valence-electron chi connectivity index (χ1n) is 8.05. The molecule has 0 atom stereocenters. The van der Waals surface area contributed by atoms with Crippen molar-refractivity contribution in [3.8, 4) is 22.8 Å². The molecule has 6 heteroatoms. The molecule has 1 aromatic heterocycles. The van der Waals surface area contributed by atoms with Crippen LogP contribution in [0.1, 0.15) is 30.9 Å². The minimum atomic E-state index is -0.468. The molecule has 1 heterocycles. The van der Waals surface area contributed by atoms with E-state index in [1.807, 2.05) is 36.4 Å². The van der Waals surface area contributed by atoms with Crippen LogP contribution in [0.5, 0.6) is 0 Å². The van der Waals surface area contributed by atoms with Crippen molar-refractivity contribution in [3.63, 3.8) is 0 Å². The number of nitrogens with zero attached hydrogens (tertiary/aromatic N) is 2. The maximum atomic E-state index is 12.1. The van der Waals surface area contributed by atoms with Crippen LogP contribution in [0.4, 0.5) is 0 Å². The number of aromatic nitrogens is 3. The molecule has 0 saturated heterocycles. The number of H-pyrrole nitrogens is 1. The molecular weight excluding hydrogens is 336 g/mol. The van der Waals surface area contributed by atoms with Crippen molar-refractivity contribution in [2.75, 3.05) is 0 Å². The van der Waals surface area contributed by atoms with E-state index in [4.69, 9.17) is 17.3 Å². The minimum absolute atomic E-state index is 0.371. The predicted molar refractivity (Wildman–Crippen MR) is 101 cm³/mol. The maximum Gasteiger partial charge on any atom is 0.348 e. The summed E-state index contributed by atoms with van der Waals surface area (Å²) in [5.41, 5.74) is 8.72. The van der Waals surface area contributed by atoms with Crippen LogP contribution in [-0.4, -0.2) is 15.0 Å². The molecule has 0 aliphatic rings. The van der Waals surface area contributed by atoms with Crippen LogP contribution in [-0.2, 0) is 6.54 Å². The van der Waals surface area contributed by atoms with Gasteiger partial charge in [0.25, 0.3) is 0 Å². The molecule has 0 aliphatic heterocycles. The lowest BCUT2D eigenvalue weighted by Crippen LogP contribution is -2.14. The maximum absolute atomic E-state index is 12.1. The highest BCUT2D eigenvalue weighted by Crippen LogP contribution is 2.27. The van der Waals surface area contributed by atoms with E-state index in [-0.39, 0.29) is 0 Å². The Balaban J connectivity index is 2.14. The van der Waals surface area contributed by atoms with Crippen molar-refractivity contribution in [3.05, 3.63) is 69.1 Å². The fraction of sp³-hybridized carbons (Fsp3) is 0.211. The minimum Gasteiger partial charge on any atom is -0.326 e. The van der Waals surface area contributed by atoms with Gasteiger partial charge in [0.05, 0.1) is 5.02 Å². The second-order valence-corrected chi connectivity index (χ2v) is 6.53. The predicted octanol–water partition coefficient (Wildman–Crippen LogP) is 3.73. The van der Waals surface area contributed by atoms with Crippen LogP contribution in [0, 0.1) is 0 Å². The van der Waals surface area contributed by atoms with E-state index >= 15 is 0 Å². The molecule has 0 unspecified atom stereocenters. The Morgan fingerprint density at radius 2 is 1.96 bits per heavy atom. The number of nitrogens with one attached hydrogen (secondary N) is 1. The van der Waals surface area contributed by atoms with Crippen LogP contribution >= 0.6 is 11.6 Å². The molecule has 0 spiro atoms. The number of benzene rings is 2. The first-order valence-corrected chi connectivity index (χ1v) is 8.43. The molecule has 3 rings (SSSR count). The van der Waals surface area contributed by atoms with Gasteiger partial charge in [0, 0.05) is 17.7 Å². The molecule has 3 N–H and O–H groups in total. The number of hydrogen-bond donors (Lipinski definition) is 2. The summed E-state index contributed by atoms with van der Waals surface area (Å²) >= 11 is 6.28. The van der Waals surface area contributed by atoms with Gasteiger partial charge in [0.2, 0.25) is 0 Å². The zero-order chi connectivity index (χ0) is 18.0. The van der Waals surface area contributed by atoms with Gasteiger partial charge in [-0.15, -0.1) is 0 Å². The summed E-state index contributed by atoms with van der Waals surface area (Å²) in [6, 6.07) is 13.3. The summed E-state index contributed by atoms with van der Waals surface area (Å²) in [4.78, 5) is 23.3. The first-order chi connectivity index (χ1) is 12.0. The zero-order valence-electron chi connectivity index (χ0n) is 14.1. The number of aromatic amines is 1. The fourth-order valence-corrected chi connectivity index (χ4v) is 2.77. The average Bonchev–Trinajstić information content (AvgIpc) is 2.61. The molecule has 0 saturated carbocycles. The third-order valence-electron chi connectivity index (χ3n) is 3.98. The van der Waals surface area contributed by atoms with E-state index < -0.39 is 5.69 Å². The van der Waals surface area contributed by atoms with E-state index in [1.54, 1.807) is 6.07 Å². The summed E-state index contributed by atoms with van der Waals surface area (Å²) in [7, 11) is 0. The second kappa shape index (κ2) is 7.17. The average molecular weight is 355 g/mol. The normalized spacial score (nSPS) is 11.1. The molecule has 5 nitrogen and oxygen atoms in total. The third kappa shape index (κ3) is 3.78. The van der Waals surface area contributed by atoms with Crippen molar-refractivity contribution in [2.45, 2.75) is 26.3 Å². The van der Waals surface area contributed by atoms with Gasteiger partial charge in [-0.3, -0.25) is 4.98 Å². The van der Waals surface area contributed by atoms with Crippen LogP contribution in [0.3, 0.4) is 0 Å². The van der Waals surface area contributed by atoms with Gasteiger partial charge in [0.1, 0.15) is 5.82 Å². The highest BCUT2D eigenvalue weighted by Gasteiger charge is 2.12. The van der Waals surface area contributed by atoms with E-state index in [0.29, 0.717) is 34.7 Å². The number of halogens is 1. The zero-order valence-corrected chi connectivity index (χ0v) is 14.8. The lowest BCUT2D eigenvalue weighted by atomic mass is 10.0. The lowest BCUT2D eigenvalue weighted by molar-refractivity contribution is 0.866. The van der Waals surface area contributed by atoms with Gasteiger partial charge in [0.15, 0.2) is 5.82 Å². The smallest absolute Gasteiger partial charge is 0.326 e. The Bertz CT molecular complexity index is 966. The van der Waals surface area contributed by atoms with Gasteiger partial charge in [-0.1, -0.05) is 49.7 Å². The molecule has 2 aromatic carbocycles. The Morgan fingerprint density at radius 3 is 2.68 bits per heavy atom. The molecule has 0 bridgehead atoms. The van der Waals surface area contributed by atoms with Crippen LogP contribution in [0.2, 0.25) is 5.02 Å². The van der Waals surface area contributed by atoms with Crippen molar-refractivity contribution < 1.29 is 0 Å². The van der Waals surface area contributed by atoms with Crippen LogP contribution in [0.15, 0.2) is 47.3 Å². The van der Waals surface area contributed by atoms with E-state index in [2.05, 4.69) is 28.8 Å². The number of nitrogens with two attached hydrogens (primary N) is 1. The molecule has 3 aromatic rings. The molecule has 0 fully saturated rings. The molecule has 128 valence electrons. The summed E-state index contributed by atoms with van der Waals surface area (Å²) in [6.45, 7) is 4.60. The highest BCUT2D eigenvalue weighted by atomic mass is 35.5. The van der Waals surface area contributed by atoms with Gasteiger partial charge >= 0.3 is 5.69 Å². The van der Waals surface area contributed by atoms with Crippen molar-refractivity contribution in [1.29, 1.82) is 0 Å². The largest absolute Gasteiger partial charge is 0.348 e. The van der Waals surface area contributed by atoms with Gasteiger partial charge < -0.3 is 5.73 Å². The molecule has 0 aliphatic carbocycles. The molecule has 0 amide bonds. The Hall–Kier alpha value is -2.50. The molecule has 25 heavy (non-hydrogen) atoms. The number of rotatable bonds is 4. The van der Waals surface area contributed by atoms with Crippen molar-refractivity contribution in [1.82, 2.24) is 15.0 Å². The Kier molecular flexibility index (Phi) is 4.97. The highest BCUT2D eigenvalue weighted by molar-refractivity contribution is 6.33. The van der Waals surface area contributed by atoms with Gasteiger partial charge in [-0.05, 0) is 35.2 Å². The van der Waals surface area contributed by atoms with Crippen molar-refractivity contribution >= 4 is 11.6 Å². The Labute approximate surface area is 150 Å². The van der Waals surface area contributed by atoms with Crippen LogP contribution < -0.4 is 11.4 Å². The van der Waals surface area contributed by atoms with Gasteiger partial charge in [-0.2, -0.15) is 4.98 Å². The summed E-state index contributed by atoms with van der Waals surface area (Å²) in [5.74, 6) is 1.12. The van der Waals surface area contributed by atoms with Crippen LogP contribution in [0.25, 0.3) is 22.8 Å². The number of hydrogen-bond acceptors (Lipinski definition) is 4. The SMILES string of the molecule is CC(C)c1cccc(-c2nc(-c3cc(CN)ccc3Cl)[nH]c(=O)n2)c1. The standard InChI is InChI=1S/C19H19ClN4O/c1-11(2)13-4-3-5-14(9-13)17-22-18(24-19(25)23-17)15-8-12(10-21)6-7-16(15)20/h3-9,11H,10,21H2,1-2H3,(H,22,23,24,25). The quantitative estimate of drug-likeness (QED) is 0.747. The summed E-state index contributed by atoms with van der Waals surface area (Å²) < 4.78 is 0. The monoisotopic (exact) mass is 354 g/mol. The van der Waals surface area contributed by atoms with Gasteiger partial charge in [-0.25, -0.2) is 9.78 Å². The van der Waals surface area contributed by atoms with Crippen molar-refractivity contribution in [2.24, 2.45) is 5.73 Å². The third-order valence-corrected chi connectivity index (χ3v) is 4.31. The lowest BCUT2D eigenvalue weighted by Gasteiger charge is -2.09.